The monoisotopic (exact) mass is 290 g/mol. The van der Waals surface area contributed by atoms with E-state index in [0.717, 1.165) is 5.01 Å². The molecule has 0 fully saturated rings. The van der Waals surface area contributed by atoms with Crippen LogP contribution in [0.2, 0.25) is 0 Å². The summed E-state index contributed by atoms with van der Waals surface area (Å²) >= 11 is 1.41. The lowest BCUT2D eigenvalue weighted by molar-refractivity contribution is 0.103. The normalized spacial score (nSPS) is 12.4. The van der Waals surface area contributed by atoms with Crippen molar-refractivity contribution in [3.63, 3.8) is 0 Å². The maximum Gasteiger partial charge on any atom is 0.212 e. The van der Waals surface area contributed by atoms with Crippen molar-refractivity contribution >= 4 is 17.1 Å². The maximum atomic E-state index is 12.4. The number of hydrogen-bond acceptors (Lipinski definition) is 5. The third-order valence-electron chi connectivity index (χ3n) is 2.61. The first kappa shape index (κ1) is 14.7. The SMILES string of the molecule is CC(C)Oc1cccc(C(=O)c2csc(C(C)N)n2)c1. The Morgan fingerprint density at radius 1 is 1.35 bits per heavy atom. The van der Waals surface area contributed by atoms with Crippen molar-refractivity contribution in [3.8, 4) is 5.75 Å². The Kier molecular flexibility index (Phi) is 4.52. The van der Waals surface area contributed by atoms with Gasteiger partial charge < -0.3 is 10.5 Å². The number of carbonyl (C=O) groups is 1. The van der Waals surface area contributed by atoms with Crippen LogP contribution in [-0.2, 0) is 0 Å². The summed E-state index contributed by atoms with van der Waals surface area (Å²) < 4.78 is 5.59. The fourth-order valence-corrected chi connectivity index (χ4v) is 2.49. The molecule has 0 spiro atoms. The van der Waals surface area contributed by atoms with Crippen LogP contribution in [0.15, 0.2) is 29.6 Å². The Hall–Kier alpha value is -1.72. The predicted molar refractivity (Wildman–Crippen MR) is 80.4 cm³/mol. The van der Waals surface area contributed by atoms with Crippen LogP contribution in [0.3, 0.4) is 0 Å². The van der Waals surface area contributed by atoms with Crippen LogP contribution in [-0.4, -0.2) is 16.9 Å². The minimum Gasteiger partial charge on any atom is -0.491 e. The molecule has 0 aliphatic rings. The van der Waals surface area contributed by atoms with Crippen LogP contribution in [0, 0.1) is 0 Å². The van der Waals surface area contributed by atoms with Gasteiger partial charge in [0.25, 0.3) is 0 Å². The van der Waals surface area contributed by atoms with E-state index in [4.69, 9.17) is 10.5 Å². The van der Waals surface area contributed by atoms with Gasteiger partial charge in [0.2, 0.25) is 5.78 Å². The average Bonchev–Trinajstić information content (AvgIpc) is 2.87. The van der Waals surface area contributed by atoms with Crippen molar-refractivity contribution in [2.45, 2.75) is 32.9 Å². The molecule has 20 heavy (non-hydrogen) atoms. The molecule has 0 amide bonds. The Morgan fingerprint density at radius 2 is 2.10 bits per heavy atom. The Balaban J connectivity index is 2.23. The molecule has 0 saturated heterocycles. The lowest BCUT2D eigenvalue weighted by Crippen LogP contribution is -2.08. The number of rotatable bonds is 5. The highest BCUT2D eigenvalue weighted by atomic mass is 32.1. The van der Waals surface area contributed by atoms with Gasteiger partial charge in [-0.1, -0.05) is 12.1 Å². The topological polar surface area (TPSA) is 65.2 Å². The van der Waals surface area contributed by atoms with Crippen molar-refractivity contribution in [2.24, 2.45) is 5.73 Å². The summed E-state index contributed by atoms with van der Waals surface area (Å²) in [5.74, 6) is 0.579. The van der Waals surface area contributed by atoms with E-state index in [0.29, 0.717) is 17.0 Å². The number of thiazole rings is 1. The van der Waals surface area contributed by atoms with Crippen LogP contribution < -0.4 is 10.5 Å². The molecule has 1 unspecified atom stereocenters. The van der Waals surface area contributed by atoms with Gasteiger partial charge in [0, 0.05) is 10.9 Å². The number of ketones is 1. The van der Waals surface area contributed by atoms with Crippen LogP contribution in [0.5, 0.6) is 5.75 Å². The standard InChI is InChI=1S/C15H18N2O2S/c1-9(2)19-12-6-4-5-11(7-12)14(18)13-8-20-15(17-13)10(3)16/h4-10H,16H2,1-3H3. The molecule has 1 atom stereocenters. The summed E-state index contributed by atoms with van der Waals surface area (Å²) in [7, 11) is 0. The second kappa shape index (κ2) is 6.15. The molecular formula is C15H18N2O2S. The highest BCUT2D eigenvalue weighted by Crippen LogP contribution is 2.21. The number of benzene rings is 1. The first-order chi connectivity index (χ1) is 9.47. The zero-order valence-corrected chi connectivity index (χ0v) is 12.6. The van der Waals surface area contributed by atoms with E-state index in [1.165, 1.54) is 11.3 Å². The van der Waals surface area contributed by atoms with Crippen molar-refractivity contribution < 1.29 is 9.53 Å². The summed E-state index contributed by atoms with van der Waals surface area (Å²) in [4.78, 5) is 16.6. The second-order valence-corrected chi connectivity index (χ2v) is 5.77. The minimum atomic E-state index is -0.155. The van der Waals surface area contributed by atoms with Gasteiger partial charge in [-0.05, 0) is 32.9 Å². The van der Waals surface area contributed by atoms with Gasteiger partial charge in [0.05, 0.1) is 12.1 Å². The van der Waals surface area contributed by atoms with Crippen LogP contribution in [0.4, 0.5) is 0 Å². The van der Waals surface area contributed by atoms with E-state index < -0.39 is 0 Å². The van der Waals surface area contributed by atoms with Crippen molar-refractivity contribution in [3.05, 3.63) is 45.9 Å². The summed E-state index contributed by atoms with van der Waals surface area (Å²) in [5, 5.41) is 2.51. The van der Waals surface area contributed by atoms with Gasteiger partial charge >= 0.3 is 0 Å². The molecule has 106 valence electrons. The smallest absolute Gasteiger partial charge is 0.212 e. The zero-order chi connectivity index (χ0) is 14.7. The van der Waals surface area contributed by atoms with E-state index in [1.54, 1.807) is 17.5 Å². The zero-order valence-electron chi connectivity index (χ0n) is 11.8. The molecule has 1 aromatic heterocycles. The Labute approximate surface area is 122 Å². The number of nitrogens with two attached hydrogens (primary N) is 1. The van der Waals surface area contributed by atoms with E-state index in [1.807, 2.05) is 32.9 Å². The van der Waals surface area contributed by atoms with Crippen molar-refractivity contribution in [2.75, 3.05) is 0 Å². The van der Waals surface area contributed by atoms with Crippen LogP contribution in [0.25, 0.3) is 0 Å². The molecular weight excluding hydrogens is 272 g/mol. The van der Waals surface area contributed by atoms with Gasteiger partial charge in [-0.15, -0.1) is 11.3 Å². The lowest BCUT2D eigenvalue weighted by Gasteiger charge is -2.10. The molecule has 4 nitrogen and oxygen atoms in total. The fraction of sp³-hybridized carbons (Fsp3) is 0.333. The summed E-state index contributed by atoms with van der Waals surface area (Å²) in [5.41, 5.74) is 6.77. The van der Waals surface area contributed by atoms with E-state index in [9.17, 15) is 4.79 Å². The fourth-order valence-electron chi connectivity index (χ4n) is 1.73. The van der Waals surface area contributed by atoms with Crippen LogP contribution >= 0.6 is 11.3 Å². The van der Waals surface area contributed by atoms with Gasteiger partial charge in [-0.25, -0.2) is 4.98 Å². The van der Waals surface area contributed by atoms with E-state index >= 15 is 0 Å². The highest BCUT2D eigenvalue weighted by Gasteiger charge is 2.15. The predicted octanol–water partition coefficient (Wildman–Crippen LogP) is 3.18. The molecule has 1 aromatic carbocycles. The summed E-state index contributed by atoms with van der Waals surface area (Å²) in [6, 6.07) is 7.00. The quantitative estimate of drug-likeness (QED) is 0.859. The molecule has 2 aromatic rings. The lowest BCUT2D eigenvalue weighted by atomic mass is 10.1. The second-order valence-electron chi connectivity index (χ2n) is 4.88. The van der Waals surface area contributed by atoms with Crippen molar-refractivity contribution in [1.82, 2.24) is 4.98 Å². The molecule has 0 bridgehead atoms. The van der Waals surface area contributed by atoms with Gasteiger partial charge in [-0.2, -0.15) is 0 Å². The van der Waals surface area contributed by atoms with Crippen LogP contribution in [0.1, 0.15) is 47.9 Å². The van der Waals surface area contributed by atoms with E-state index in [-0.39, 0.29) is 17.9 Å². The summed E-state index contributed by atoms with van der Waals surface area (Å²) in [6.07, 6.45) is 0.0734. The molecule has 1 heterocycles. The minimum absolute atomic E-state index is 0.0734. The number of nitrogens with zero attached hydrogens (tertiary/aromatic N) is 1. The van der Waals surface area contributed by atoms with Gasteiger partial charge in [-0.3, -0.25) is 4.79 Å². The molecule has 0 radical (unpaired) electrons. The van der Waals surface area contributed by atoms with Gasteiger partial charge in [0.1, 0.15) is 16.5 Å². The Bertz CT molecular complexity index is 605. The molecule has 0 aliphatic carbocycles. The van der Waals surface area contributed by atoms with Gasteiger partial charge in [0.15, 0.2) is 0 Å². The summed E-state index contributed by atoms with van der Waals surface area (Å²) in [6.45, 7) is 5.75. The first-order valence-electron chi connectivity index (χ1n) is 6.50. The maximum absolute atomic E-state index is 12.4. The largest absolute Gasteiger partial charge is 0.491 e. The number of hydrogen-bond donors (Lipinski definition) is 1. The molecule has 5 heteroatoms. The molecule has 2 N–H and O–H groups in total. The number of aromatic nitrogens is 1. The molecule has 0 saturated carbocycles. The third kappa shape index (κ3) is 3.43. The molecule has 0 aliphatic heterocycles. The first-order valence-corrected chi connectivity index (χ1v) is 7.37. The highest BCUT2D eigenvalue weighted by molar-refractivity contribution is 7.09. The van der Waals surface area contributed by atoms with Crippen molar-refractivity contribution in [1.29, 1.82) is 0 Å². The van der Waals surface area contributed by atoms with E-state index in [2.05, 4.69) is 4.98 Å². The number of carbonyl (C=O) groups excluding carboxylic acids is 1. The number of ether oxygens (including phenoxy) is 1. The Morgan fingerprint density at radius 3 is 2.70 bits per heavy atom. The molecule has 2 rings (SSSR count). The third-order valence-corrected chi connectivity index (χ3v) is 3.66. The average molecular weight is 290 g/mol.